The predicted molar refractivity (Wildman–Crippen MR) is 113 cm³/mol. The van der Waals surface area contributed by atoms with Crippen molar-refractivity contribution in [3.8, 4) is 0 Å². The molecule has 3 rings (SSSR count). The van der Waals surface area contributed by atoms with E-state index < -0.39 is 6.04 Å². The van der Waals surface area contributed by atoms with Gasteiger partial charge >= 0.3 is 0 Å². The van der Waals surface area contributed by atoms with Crippen molar-refractivity contribution in [2.75, 3.05) is 4.90 Å². The minimum atomic E-state index is -0.779. The molecular weight excluding hydrogens is 364 g/mol. The van der Waals surface area contributed by atoms with Crippen LogP contribution in [0, 0.1) is 12.3 Å². The first-order chi connectivity index (χ1) is 13.7. The van der Waals surface area contributed by atoms with E-state index in [4.69, 9.17) is 0 Å². The Morgan fingerprint density at radius 1 is 1.03 bits per heavy atom. The normalized spacial score (nSPS) is 17.0. The maximum Gasteiger partial charge on any atom is 0.257 e. The number of carbonyl (C=O) groups excluding carboxylic acids is 3. The van der Waals surface area contributed by atoms with Gasteiger partial charge in [-0.2, -0.15) is 0 Å². The summed E-state index contributed by atoms with van der Waals surface area (Å²) < 4.78 is 0. The molecule has 152 valence electrons. The fraction of sp³-hybridized carbons (Fsp3) is 0.375. The van der Waals surface area contributed by atoms with Crippen molar-refractivity contribution in [1.82, 2.24) is 4.90 Å². The van der Waals surface area contributed by atoms with E-state index in [9.17, 15) is 14.4 Å². The zero-order valence-corrected chi connectivity index (χ0v) is 17.5. The van der Waals surface area contributed by atoms with Crippen molar-refractivity contribution in [2.24, 2.45) is 5.41 Å². The number of anilines is 1. The minimum absolute atomic E-state index is 0.00935. The van der Waals surface area contributed by atoms with Crippen LogP contribution < -0.4 is 4.90 Å². The van der Waals surface area contributed by atoms with Gasteiger partial charge in [0, 0.05) is 13.0 Å². The van der Waals surface area contributed by atoms with E-state index in [1.54, 1.807) is 17.0 Å². The lowest BCUT2D eigenvalue weighted by atomic mass is 9.91. The van der Waals surface area contributed by atoms with E-state index in [2.05, 4.69) is 0 Å². The number of nitrogens with zero attached hydrogens (tertiary/aromatic N) is 2. The predicted octanol–water partition coefficient (Wildman–Crippen LogP) is 4.09. The molecule has 0 spiro atoms. The van der Waals surface area contributed by atoms with Crippen LogP contribution in [0.5, 0.6) is 0 Å². The molecule has 1 saturated heterocycles. The van der Waals surface area contributed by atoms with Crippen molar-refractivity contribution in [2.45, 2.75) is 53.1 Å². The number of benzene rings is 2. The molecule has 1 atom stereocenters. The van der Waals surface area contributed by atoms with Crippen LogP contribution in [0.4, 0.5) is 5.69 Å². The second kappa shape index (κ2) is 8.19. The van der Waals surface area contributed by atoms with Gasteiger partial charge in [0.15, 0.2) is 0 Å². The van der Waals surface area contributed by atoms with Crippen molar-refractivity contribution < 1.29 is 14.4 Å². The first kappa shape index (κ1) is 20.8. The SMILES string of the molecule is Cc1ccc(N2C(=O)CC(N(Cc3ccccc3)C(=O)CC(C)(C)C)C2=O)cc1. The summed E-state index contributed by atoms with van der Waals surface area (Å²) in [7, 11) is 0. The molecule has 0 radical (unpaired) electrons. The number of amides is 3. The molecule has 0 bridgehead atoms. The Labute approximate surface area is 172 Å². The highest BCUT2D eigenvalue weighted by Crippen LogP contribution is 2.29. The maximum atomic E-state index is 13.2. The monoisotopic (exact) mass is 392 g/mol. The van der Waals surface area contributed by atoms with Gasteiger partial charge in [-0.1, -0.05) is 68.8 Å². The summed E-state index contributed by atoms with van der Waals surface area (Å²) in [6, 6.07) is 16.1. The molecule has 1 aliphatic heterocycles. The lowest BCUT2D eigenvalue weighted by molar-refractivity contribution is -0.140. The third-order valence-corrected chi connectivity index (χ3v) is 4.99. The van der Waals surface area contributed by atoms with Gasteiger partial charge in [0.25, 0.3) is 5.91 Å². The zero-order valence-electron chi connectivity index (χ0n) is 17.5. The zero-order chi connectivity index (χ0) is 21.2. The molecule has 1 heterocycles. The number of rotatable bonds is 5. The van der Waals surface area contributed by atoms with E-state index in [1.807, 2.05) is 70.2 Å². The Morgan fingerprint density at radius 2 is 1.66 bits per heavy atom. The van der Waals surface area contributed by atoms with Gasteiger partial charge in [-0.05, 0) is 30.0 Å². The lowest BCUT2D eigenvalue weighted by Gasteiger charge is -2.30. The highest BCUT2D eigenvalue weighted by atomic mass is 16.2. The van der Waals surface area contributed by atoms with E-state index in [-0.39, 0.29) is 29.6 Å². The van der Waals surface area contributed by atoms with E-state index in [0.717, 1.165) is 11.1 Å². The Kier molecular flexibility index (Phi) is 5.87. The first-order valence-corrected chi connectivity index (χ1v) is 9.92. The average molecular weight is 392 g/mol. The Morgan fingerprint density at radius 3 is 2.24 bits per heavy atom. The summed E-state index contributed by atoms with van der Waals surface area (Å²) in [6.07, 6.45) is 0.317. The molecule has 0 saturated carbocycles. The van der Waals surface area contributed by atoms with Gasteiger partial charge < -0.3 is 4.90 Å². The van der Waals surface area contributed by atoms with Crippen LogP contribution in [0.15, 0.2) is 54.6 Å². The van der Waals surface area contributed by atoms with E-state index in [0.29, 0.717) is 18.7 Å². The molecule has 2 aromatic rings. The minimum Gasteiger partial charge on any atom is -0.326 e. The fourth-order valence-corrected chi connectivity index (χ4v) is 3.53. The van der Waals surface area contributed by atoms with Crippen molar-refractivity contribution >= 4 is 23.4 Å². The van der Waals surface area contributed by atoms with Crippen LogP contribution in [0.25, 0.3) is 0 Å². The second-order valence-corrected chi connectivity index (χ2v) is 8.87. The van der Waals surface area contributed by atoms with E-state index >= 15 is 0 Å². The molecule has 0 aliphatic carbocycles. The highest BCUT2D eigenvalue weighted by Gasteiger charge is 2.44. The summed E-state index contributed by atoms with van der Waals surface area (Å²) in [5, 5.41) is 0. The van der Waals surface area contributed by atoms with Crippen LogP contribution in [-0.2, 0) is 20.9 Å². The van der Waals surface area contributed by atoms with Crippen LogP contribution in [0.1, 0.15) is 44.7 Å². The largest absolute Gasteiger partial charge is 0.326 e. The number of hydrogen-bond acceptors (Lipinski definition) is 3. The summed E-state index contributed by atoms with van der Waals surface area (Å²) in [6.45, 7) is 8.23. The van der Waals surface area contributed by atoms with E-state index in [1.165, 1.54) is 4.90 Å². The summed E-state index contributed by atoms with van der Waals surface area (Å²) in [5.74, 6) is -0.722. The highest BCUT2D eigenvalue weighted by molar-refractivity contribution is 6.23. The van der Waals surface area contributed by atoms with Gasteiger partial charge in [-0.25, -0.2) is 4.90 Å². The molecule has 5 nitrogen and oxygen atoms in total. The first-order valence-electron chi connectivity index (χ1n) is 9.92. The maximum absolute atomic E-state index is 13.2. The van der Waals surface area contributed by atoms with Crippen LogP contribution in [0.2, 0.25) is 0 Å². The molecule has 29 heavy (non-hydrogen) atoms. The fourth-order valence-electron chi connectivity index (χ4n) is 3.53. The van der Waals surface area contributed by atoms with Gasteiger partial charge in [0.2, 0.25) is 11.8 Å². The van der Waals surface area contributed by atoms with Gasteiger partial charge in [-0.3, -0.25) is 14.4 Å². The summed E-state index contributed by atoms with van der Waals surface area (Å²) in [4.78, 5) is 41.9. The molecule has 0 aromatic heterocycles. The molecule has 1 aliphatic rings. The number of hydrogen-bond donors (Lipinski definition) is 0. The van der Waals surface area contributed by atoms with Gasteiger partial charge in [-0.15, -0.1) is 0 Å². The van der Waals surface area contributed by atoms with Crippen LogP contribution in [0.3, 0.4) is 0 Å². The van der Waals surface area contributed by atoms with Crippen LogP contribution in [-0.4, -0.2) is 28.7 Å². The number of carbonyl (C=O) groups is 3. The van der Waals surface area contributed by atoms with Gasteiger partial charge in [0.05, 0.1) is 12.1 Å². The molecule has 0 N–H and O–H groups in total. The molecule has 2 aromatic carbocycles. The quantitative estimate of drug-likeness (QED) is 0.720. The number of aryl methyl sites for hydroxylation is 1. The van der Waals surface area contributed by atoms with Crippen molar-refractivity contribution in [3.05, 3.63) is 65.7 Å². The van der Waals surface area contributed by atoms with Gasteiger partial charge in [0.1, 0.15) is 6.04 Å². The Bertz CT molecular complexity index is 898. The van der Waals surface area contributed by atoms with Crippen molar-refractivity contribution in [3.63, 3.8) is 0 Å². The molecule has 1 fully saturated rings. The van der Waals surface area contributed by atoms with Crippen molar-refractivity contribution in [1.29, 1.82) is 0 Å². The average Bonchev–Trinajstić information content (AvgIpc) is 2.94. The Hall–Kier alpha value is -2.95. The molecule has 1 unspecified atom stereocenters. The molecular formula is C24H28N2O3. The second-order valence-electron chi connectivity index (χ2n) is 8.87. The number of imide groups is 1. The third-order valence-electron chi connectivity index (χ3n) is 4.99. The summed E-state index contributed by atoms with van der Waals surface area (Å²) in [5.41, 5.74) is 2.32. The van der Waals surface area contributed by atoms with Crippen LogP contribution >= 0.6 is 0 Å². The molecule has 3 amide bonds. The lowest BCUT2D eigenvalue weighted by Crippen LogP contribution is -2.46. The summed E-state index contributed by atoms with van der Waals surface area (Å²) >= 11 is 0. The molecule has 5 heteroatoms. The Balaban J connectivity index is 1.90. The topological polar surface area (TPSA) is 57.7 Å². The standard InChI is InChI=1S/C24H28N2O3/c1-17-10-12-19(13-11-17)26-21(27)14-20(23(26)29)25(22(28)15-24(2,3)4)16-18-8-6-5-7-9-18/h5-13,20H,14-16H2,1-4H3. The smallest absolute Gasteiger partial charge is 0.257 e. The third kappa shape index (κ3) is 4.91.